The molecule has 4 nitrogen and oxygen atoms in total. The van der Waals surface area contributed by atoms with Crippen molar-refractivity contribution in [3.8, 4) is 0 Å². The fourth-order valence-corrected chi connectivity index (χ4v) is 1.88. The zero-order valence-corrected chi connectivity index (χ0v) is 14.0. The van der Waals surface area contributed by atoms with E-state index < -0.39 is 11.6 Å². The highest BCUT2D eigenvalue weighted by Gasteiger charge is 2.16. The molecule has 126 valence electrons. The quantitative estimate of drug-likeness (QED) is 0.829. The second-order valence-electron chi connectivity index (χ2n) is 5.55. The molecule has 1 amide bonds. The van der Waals surface area contributed by atoms with Crippen LogP contribution < -0.4 is 5.73 Å². The maximum Gasteiger partial charge on any atom is 0.224 e. The molecular formula is C15H24ClF2N3O. The van der Waals surface area contributed by atoms with E-state index in [2.05, 4.69) is 0 Å². The monoisotopic (exact) mass is 335 g/mol. The van der Waals surface area contributed by atoms with E-state index in [1.807, 2.05) is 19.0 Å². The summed E-state index contributed by atoms with van der Waals surface area (Å²) in [5, 5.41) is 0. The summed E-state index contributed by atoms with van der Waals surface area (Å²) < 4.78 is 26.2. The van der Waals surface area contributed by atoms with Gasteiger partial charge in [0.25, 0.3) is 0 Å². The Morgan fingerprint density at radius 3 is 2.36 bits per heavy atom. The molecule has 22 heavy (non-hydrogen) atoms. The molecule has 0 spiro atoms. The SMILES string of the molecule is CC(N)CC(=O)N(CCN(C)C)Cc1ccc(F)c(F)c1.Cl. The highest BCUT2D eigenvalue weighted by Crippen LogP contribution is 2.12. The maximum atomic E-state index is 13.2. The van der Waals surface area contributed by atoms with Crippen LogP contribution in [0.15, 0.2) is 18.2 Å². The lowest BCUT2D eigenvalue weighted by molar-refractivity contribution is -0.132. The summed E-state index contributed by atoms with van der Waals surface area (Å²) in [6.45, 7) is 3.21. The lowest BCUT2D eigenvalue weighted by Crippen LogP contribution is -2.38. The van der Waals surface area contributed by atoms with Crippen molar-refractivity contribution in [2.45, 2.75) is 25.9 Å². The molecule has 0 radical (unpaired) electrons. The molecule has 1 atom stereocenters. The van der Waals surface area contributed by atoms with Gasteiger partial charge in [-0.3, -0.25) is 4.79 Å². The third kappa shape index (κ3) is 7.15. The molecule has 1 rings (SSSR count). The van der Waals surface area contributed by atoms with Crippen LogP contribution in [-0.2, 0) is 11.3 Å². The third-order valence-electron chi connectivity index (χ3n) is 3.02. The van der Waals surface area contributed by atoms with Crippen molar-refractivity contribution in [3.63, 3.8) is 0 Å². The molecule has 0 bridgehead atoms. The number of nitrogens with two attached hydrogens (primary N) is 1. The van der Waals surface area contributed by atoms with E-state index in [0.29, 0.717) is 18.7 Å². The van der Waals surface area contributed by atoms with Gasteiger partial charge in [-0.05, 0) is 38.7 Å². The number of carbonyl (C=O) groups excluding carboxylic acids is 1. The Bertz CT molecular complexity index is 484. The average Bonchev–Trinajstić information content (AvgIpc) is 2.37. The number of nitrogens with zero attached hydrogens (tertiary/aromatic N) is 2. The van der Waals surface area contributed by atoms with E-state index in [4.69, 9.17) is 5.73 Å². The molecular weight excluding hydrogens is 312 g/mol. The van der Waals surface area contributed by atoms with Crippen LogP contribution >= 0.6 is 12.4 Å². The molecule has 0 aliphatic rings. The van der Waals surface area contributed by atoms with Gasteiger partial charge < -0.3 is 15.5 Å². The van der Waals surface area contributed by atoms with Crippen molar-refractivity contribution in [2.24, 2.45) is 5.73 Å². The zero-order chi connectivity index (χ0) is 16.0. The smallest absolute Gasteiger partial charge is 0.224 e. The molecule has 1 aromatic rings. The molecule has 1 unspecified atom stereocenters. The summed E-state index contributed by atoms with van der Waals surface area (Å²) in [6, 6.07) is 3.45. The van der Waals surface area contributed by atoms with Crippen LogP contribution in [0.4, 0.5) is 8.78 Å². The van der Waals surface area contributed by atoms with E-state index in [0.717, 1.165) is 12.1 Å². The van der Waals surface area contributed by atoms with Gasteiger partial charge in [0, 0.05) is 32.1 Å². The van der Waals surface area contributed by atoms with Gasteiger partial charge in [-0.25, -0.2) is 8.78 Å². The van der Waals surface area contributed by atoms with Crippen molar-refractivity contribution in [1.29, 1.82) is 0 Å². The second kappa shape index (κ2) is 9.71. The highest BCUT2D eigenvalue weighted by molar-refractivity contribution is 5.85. The molecule has 0 aliphatic heterocycles. The lowest BCUT2D eigenvalue weighted by atomic mass is 10.1. The number of halogens is 3. The van der Waals surface area contributed by atoms with Crippen molar-refractivity contribution < 1.29 is 13.6 Å². The predicted octanol–water partition coefficient (Wildman–Crippen LogP) is 2.01. The molecule has 7 heteroatoms. The minimum atomic E-state index is -0.903. The van der Waals surface area contributed by atoms with Gasteiger partial charge in [-0.15, -0.1) is 12.4 Å². The lowest BCUT2D eigenvalue weighted by Gasteiger charge is -2.25. The fraction of sp³-hybridized carbons (Fsp3) is 0.533. The fourth-order valence-electron chi connectivity index (χ4n) is 1.88. The third-order valence-corrected chi connectivity index (χ3v) is 3.02. The first-order chi connectivity index (χ1) is 9.79. The Kier molecular flexibility index (Phi) is 9.16. The van der Waals surface area contributed by atoms with Gasteiger partial charge in [0.15, 0.2) is 11.6 Å². The Labute approximate surface area is 136 Å². The van der Waals surface area contributed by atoms with Crippen molar-refractivity contribution >= 4 is 18.3 Å². The van der Waals surface area contributed by atoms with E-state index in [-0.39, 0.29) is 37.3 Å². The average molecular weight is 336 g/mol. The van der Waals surface area contributed by atoms with Gasteiger partial charge >= 0.3 is 0 Å². The second-order valence-corrected chi connectivity index (χ2v) is 5.55. The Balaban J connectivity index is 0.00000441. The summed E-state index contributed by atoms with van der Waals surface area (Å²) in [6.07, 6.45) is 0.233. The van der Waals surface area contributed by atoms with E-state index in [1.165, 1.54) is 6.07 Å². The summed E-state index contributed by atoms with van der Waals surface area (Å²) in [5.74, 6) is -1.88. The first kappa shape index (κ1) is 20.8. The number of likely N-dealkylation sites (N-methyl/N-ethyl adjacent to an activating group) is 1. The Hall–Kier alpha value is -1.24. The van der Waals surface area contributed by atoms with Crippen molar-refractivity contribution in [3.05, 3.63) is 35.4 Å². The van der Waals surface area contributed by atoms with Crippen LogP contribution in [-0.4, -0.2) is 48.9 Å². The highest BCUT2D eigenvalue weighted by atomic mass is 35.5. The standard InChI is InChI=1S/C15H23F2N3O.ClH/c1-11(18)8-15(21)20(7-6-19(2)3)10-12-4-5-13(16)14(17)9-12;/h4-5,9,11H,6-8,10,18H2,1-3H3;1H. The molecule has 0 heterocycles. The van der Waals surface area contributed by atoms with Gasteiger partial charge in [0.2, 0.25) is 5.91 Å². The minimum absolute atomic E-state index is 0. The first-order valence-corrected chi connectivity index (χ1v) is 6.91. The molecule has 2 N–H and O–H groups in total. The molecule has 1 aromatic carbocycles. The van der Waals surface area contributed by atoms with Crippen LogP contribution in [0.25, 0.3) is 0 Å². The molecule has 0 saturated heterocycles. The summed E-state index contributed by atoms with van der Waals surface area (Å²) >= 11 is 0. The van der Waals surface area contributed by atoms with Crippen LogP contribution in [0.2, 0.25) is 0 Å². The normalized spacial score (nSPS) is 12.0. The number of amides is 1. The van der Waals surface area contributed by atoms with E-state index >= 15 is 0 Å². The number of hydrogen-bond acceptors (Lipinski definition) is 3. The van der Waals surface area contributed by atoms with Gasteiger partial charge in [0.1, 0.15) is 0 Å². The molecule has 0 fully saturated rings. The molecule has 0 saturated carbocycles. The van der Waals surface area contributed by atoms with Crippen molar-refractivity contribution in [1.82, 2.24) is 9.80 Å². The van der Waals surface area contributed by atoms with Crippen LogP contribution in [0, 0.1) is 11.6 Å². The van der Waals surface area contributed by atoms with E-state index in [9.17, 15) is 13.6 Å². The maximum absolute atomic E-state index is 13.2. The van der Waals surface area contributed by atoms with Gasteiger partial charge in [-0.1, -0.05) is 6.07 Å². The van der Waals surface area contributed by atoms with Crippen LogP contribution in [0.5, 0.6) is 0 Å². The largest absolute Gasteiger partial charge is 0.337 e. The first-order valence-electron chi connectivity index (χ1n) is 6.91. The number of hydrogen-bond donors (Lipinski definition) is 1. The summed E-state index contributed by atoms with van der Waals surface area (Å²) in [5.41, 5.74) is 6.22. The van der Waals surface area contributed by atoms with Crippen molar-refractivity contribution in [2.75, 3.05) is 27.2 Å². The Morgan fingerprint density at radius 1 is 1.23 bits per heavy atom. The number of rotatable bonds is 7. The summed E-state index contributed by atoms with van der Waals surface area (Å²) in [7, 11) is 3.82. The Morgan fingerprint density at radius 2 is 1.86 bits per heavy atom. The molecule has 0 aromatic heterocycles. The van der Waals surface area contributed by atoms with Crippen LogP contribution in [0.1, 0.15) is 18.9 Å². The summed E-state index contributed by atoms with van der Waals surface area (Å²) in [4.78, 5) is 15.8. The zero-order valence-electron chi connectivity index (χ0n) is 13.2. The van der Waals surface area contributed by atoms with E-state index in [1.54, 1.807) is 11.8 Å². The van der Waals surface area contributed by atoms with Gasteiger partial charge in [0.05, 0.1) is 0 Å². The minimum Gasteiger partial charge on any atom is -0.337 e. The number of carbonyl (C=O) groups is 1. The van der Waals surface area contributed by atoms with Gasteiger partial charge in [-0.2, -0.15) is 0 Å². The molecule has 0 aliphatic carbocycles. The predicted molar refractivity (Wildman–Crippen MR) is 85.8 cm³/mol. The van der Waals surface area contributed by atoms with Crippen LogP contribution in [0.3, 0.4) is 0 Å². The topological polar surface area (TPSA) is 49.6 Å². The number of benzene rings is 1.